The van der Waals surface area contributed by atoms with Crippen LogP contribution in [0.15, 0.2) is 22.8 Å². The van der Waals surface area contributed by atoms with E-state index in [2.05, 4.69) is 19.2 Å². The van der Waals surface area contributed by atoms with Crippen molar-refractivity contribution >= 4 is 5.91 Å². The van der Waals surface area contributed by atoms with Gasteiger partial charge in [-0.2, -0.15) is 0 Å². The standard InChI is InChI=1S/C14H24N2O3/c1-3-12(4-2)16(7-8-17)11-14(18)15-10-13-6-5-9-19-13/h5-6,9,12,17H,3-4,7-8,10-11H2,1-2H3,(H,15,18). The third kappa shape index (κ3) is 5.44. The van der Waals surface area contributed by atoms with E-state index in [9.17, 15) is 4.79 Å². The first-order valence-corrected chi connectivity index (χ1v) is 6.85. The summed E-state index contributed by atoms with van der Waals surface area (Å²) in [6.07, 6.45) is 3.54. The second-order valence-corrected chi connectivity index (χ2v) is 4.52. The molecule has 1 amide bonds. The van der Waals surface area contributed by atoms with E-state index in [0.717, 1.165) is 18.6 Å². The molecule has 0 spiro atoms. The van der Waals surface area contributed by atoms with Gasteiger partial charge in [-0.1, -0.05) is 13.8 Å². The Bertz CT molecular complexity index is 348. The number of nitrogens with zero attached hydrogens (tertiary/aromatic N) is 1. The minimum absolute atomic E-state index is 0.0447. The van der Waals surface area contributed by atoms with Gasteiger partial charge in [-0.15, -0.1) is 0 Å². The van der Waals surface area contributed by atoms with Gasteiger partial charge in [0.1, 0.15) is 5.76 Å². The Morgan fingerprint density at radius 3 is 2.74 bits per heavy atom. The highest BCUT2D eigenvalue weighted by Crippen LogP contribution is 2.07. The Morgan fingerprint density at radius 2 is 2.21 bits per heavy atom. The maximum Gasteiger partial charge on any atom is 0.234 e. The first-order chi connectivity index (χ1) is 9.21. The number of furan rings is 1. The quantitative estimate of drug-likeness (QED) is 0.710. The van der Waals surface area contributed by atoms with E-state index < -0.39 is 0 Å². The normalized spacial score (nSPS) is 11.2. The van der Waals surface area contributed by atoms with Crippen LogP contribution in [0.2, 0.25) is 0 Å². The predicted octanol–water partition coefficient (Wildman–Crippen LogP) is 1.38. The van der Waals surface area contributed by atoms with Gasteiger partial charge in [0.25, 0.3) is 0 Å². The zero-order valence-corrected chi connectivity index (χ0v) is 11.8. The monoisotopic (exact) mass is 268 g/mol. The first kappa shape index (κ1) is 15.7. The highest BCUT2D eigenvalue weighted by atomic mass is 16.3. The molecule has 19 heavy (non-hydrogen) atoms. The lowest BCUT2D eigenvalue weighted by Crippen LogP contribution is -2.43. The van der Waals surface area contributed by atoms with Gasteiger partial charge in [-0.05, 0) is 25.0 Å². The molecule has 0 bridgehead atoms. The third-order valence-electron chi connectivity index (χ3n) is 3.23. The van der Waals surface area contributed by atoms with Gasteiger partial charge in [0.15, 0.2) is 0 Å². The topological polar surface area (TPSA) is 65.7 Å². The number of carbonyl (C=O) groups excluding carboxylic acids is 1. The maximum atomic E-state index is 11.9. The summed E-state index contributed by atoms with van der Waals surface area (Å²) >= 11 is 0. The van der Waals surface area contributed by atoms with Crippen molar-refractivity contribution in [3.63, 3.8) is 0 Å². The Kier molecular flexibility index (Phi) is 7.22. The molecule has 1 rings (SSSR count). The van der Waals surface area contributed by atoms with Crippen molar-refractivity contribution in [2.45, 2.75) is 39.3 Å². The summed E-state index contributed by atoms with van der Waals surface area (Å²) in [6, 6.07) is 3.96. The van der Waals surface area contributed by atoms with Crippen molar-refractivity contribution in [3.05, 3.63) is 24.2 Å². The molecule has 108 valence electrons. The fourth-order valence-corrected chi connectivity index (χ4v) is 2.16. The molecule has 0 radical (unpaired) electrons. The fourth-order valence-electron chi connectivity index (χ4n) is 2.16. The van der Waals surface area contributed by atoms with E-state index >= 15 is 0 Å². The van der Waals surface area contributed by atoms with Gasteiger partial charge in [-0.25, -0.2) is 0 Å². The maximum absolute atomic E-state index is 11.9. The lowest BCUT2D eigenvalue weighted by Gasteiger charge is -2.29. The number of hydrogen-bond donors (Lipinski definition) is 2. The van der Waals surface area contributed by atoms with E-state index in [0.29, 0.717) is 25.7 Å². The zero-order valence-electron chi connectivity index (χ0n) is 11.8. The number of amides is 1. The summed E-state index contributed by atoms with van der Waals surface area (Å²) in [7, 11) is 0. The van der Waals surface area contributed by atoms with E-state index in [1.807, 2.05) is 11.0 Å². The van der Waals surface area contributed by atoms with E-state index in [1.165, 1.54) is 0 Å². The summed E-state index contributed by atoms with van der Waals surface area (Å²) in [6.45, 7) is 5.51. The van der Waals surface area contributed by atoms with Gasteiger partial charge in [0.05, 0.1) is 26.0 Å². The number of carbonyl (C=O) groups is 1. The minimum Gasteiger partial charge on any atom is -0.467 e. The number of nitrogens with one attached hydrogen (secondary N) is 1. The van der Waals surface area contributed by atoms with Crippen molar-refractivity contribution in [1.29, 1.82) is 0 Å². The second kappa shape index (κ2) is 8.72. The van der Waals surface area contributed by atoms with Crippen molar-refractivity contribution in [2.75, 3.05) is 19.7 Å². The highest BCUT2D eigenvalue weighted by molar-refractivity contribution is 5.77. The fraction of sp³-hybridized carbons (Fsp3) is 0.643. The molecule has 1 heterocycles. The number of rotatable bonds is 9. The van der Waals surface area contributed by atoms with Crippen LogP contribution in [0, 0.1) is 0 Å². The van der Waals surface area contributed by atoms with E-state index in [4.69, 9.17) is 9.52 Å². The van der Waals surface area contributed by atoms with Crippen LogP contribution in [0.1, 0.15) is 32.4 Å². The molecule has 0 atom stereocenters. The van der Waals surface area contributed by atoms with Crippen molar-refractivity contribution < 1.29 is 14.3 Å². The summed E-state index contributed by atoms with van der Waals surface area (Å²) in [4.78, 5) is 13.9. The van der Waals surface area contributed by atoms with Gasteiger partial charge >= 0.3 is 0 Å². The van der Waals surface area contributed by atoms with Crippen LogP contribution in [-0.4, -0.2) is 41.7 Å². The summed E-state index contributed by atoms with van der Waals surface area (Å²) in [5.74, 6) is 0.696. The molecule has 0 aliphatic rings. The lowest BCUT2D eigenvalue weighted by atomic mass is 10.1. The van der Waals surface area contributed by atoms with Crippen molar-refractivity contribution in [3.8, 4) is 0 Å². The zero-order chi connectivity index (χ0) is 14.1. The van der Waals surface area contributed by atoms with Crippen molar-refractivity contribution in [2.24, 2.45) is 0 Å². The van der Waals surface area contributed by atoms with Crippen LogP contribution < -0.4 is 5.32 Å². The number of aliphatic hydroxyl groups excluding tert-OH is 1. The lowest BCUT2D eigenvalue weighted by molar-refractivity contribution is -0.123. The molecule has 0 fully saturated rings. The Hall–Kier alpha value is -1.33. The van der Waals surface area contributed by atoms with Gasteiger partial charge in [0, 0.05) is 12.6 Å². The molecule has 0 saturated heterocycles. The average molecular weight is 268 g/mol. The van der Waals surface area contributed by atoms with E-state index in [1.54, 1.807) is 12.3 Å². The Morgan fingerprint density at radius 1 is 1.47 bits per heavy atom. The molecule has 0 aliphatic carbocycles. The van der Waals surface area contributed by atoms with Crippen molar-refractivity contribution in [1.82, 2.24) is 10.2 Å². The van der Waals surface area contributed by atoms with Crippen LogP contribution in [0.4, 0.5) is 0 Å². The van der Waals surface area contributed by atoms with Crippen LogP contribution in [0.3, 0.4) is 0 Å². The molecule has 5 nitrogen and oxygen atoms in total. The largest absolute Gasteiger partial charge is 0.467 e. The summed E-state index contributed by atoms with van der Waals surface area (Å²) < 4.78 is 5.16. The number of hydrogen-bond acceptors (Lipinski definition) is 4. The molecule has 5 heteroatoms. The van der Waals surface area contributed by atoms with Crippen LogP contribution in [0.5, 0.6) is 0 Å². The Labute approximate surface area is 114 Å². The molecule has 1 aromatic heterocycles. The second-order valence-electron chi connectivity index (χ2n) is 4.52. The molecule has 0 aromatic carbocycles. The SMILES string of the molecule is CCC(CC)N(CCO)CC(=O)NCc1ccco1. The van der Waals surface area contributed by atoms with Crippen LogP contribution in [-0.2, 0) is 11.3 Å². The number of aliphatic hydroxyl groups is 1. The summed E-state index contributed by atoms with van der Waals surface area (Å²) in [5, 5.41) is 11.9. The van der Waals surface area contributed by atoms with Gasteiger partial charge < -0.3 is 14.8 Å². The Balaban J connectivity index is 2.41. The molecule has 1 aromatic rings. The molecule has 0 saturated carbocycles. The molecule has 0 aliphatic heterocycles. The highest BCUT2D eigenvalue weighted by Gasteiger charge is 2.17. The van der Waals surface area contributed by atoms with Gasteiger partial charge in [0.2, 0.25) is 5.91 Å². The summed E-state index contributed by atoms with van der Waals surface area (Å²) in [5.41, 5.74) is 0. The molecule has 2 N–H and O–H groups in total. The smallest absolute Gasteiger partial charge is 0.234 e. The molecular weight excluding hydrogens is 244 g/mol. The van der Waals surface area contributed by atoms with Crippen LogP contribution in [0.25, 0.3) is 0 Å². The first-order valence-electron chi connectivity index (χ1n) is 6.85. The predicted molar refractivity (Wildman–Crippen MR) is 73.6 cm³/mol. The average Bonchev–Trinajstić information content (AvgIpc) is 2.91. The third-order valence-corrected chi connectivity index (χ3v) is 3.23. The van der Waals surface area contributed by atoms with Crippen LogP contribution >= 0.6 is 0 Å². The van der Waals surface area contributed by atoms with E-state index in [-0.39, 0.29) is 12.5 Å². The molecular formula is C14H24N2O3. The minimum atomic E-state index is -0.0447. The van der Waals surface area contributed by atoms with Gasteiger partial charge in [-0.3, -0.25) is 9.69 Å². The molecule has 0 unspecified atom stereocenters.